The van der Waals surface area contributed by atoms with Gasteiger partial charge in [0.15, 0.2) is 0 Å². The average molecular weight is 280 g/mol. The predicted octanol–water partition coefficient (Wildman–Crippen LogP) is 2.37. The maximum absolute atomic E-state index is 9.56. The van der Waals surface area contributed by atoms with Crippen LogP contribution < -0.4 is 0 Å². The lowest BCUT2D eigenvalue weighted by molar-refractivity contribution is 0.0376. The van der Waals surface area contributed by atoms with E-state index in [0.29, 0.717) is 6.04 Å². The fraction of sp³-hybridized carbons (Fsp3) is 0.882. The second kappa shape index (κ2) is 7.06. The highest BCUT2D eigenvalue weighted by Crippen LogP contribution is 2.31. The summed E-state index contributed by atoms with van der Waals surface area (Å²) in [4.78, 5) is 5.06. The maximum atomic E-state index is 9.56. The fourth-order valence-electron chi connectivity index (χ4n) is 3.82. The summed E-state index contributed by atoms with van der Waals surface area (Å²) in [6, 6.07) is 0.557. The molecule has 1 aliphatic heterocycles. The van der Waals surface area contributed by atoms with Gasteiger partial charge in [-0.15, -0.1) is 0 Å². The molecule has 4 atom stereocenters. The van der Waals surface area contributed by atoms with Crippen molar-refractivity contribution in [3.63, 3.8) is 0 Å². The SMILES string of the molecule is CC1=CCC[C@H](C)[C@@H]1CN1CCN(C[C@H](C)O)[C@@H](C)C1. The molecule has 0 saturated carbocycles. The quantitative estimate of drug-likeness (QED) is 0.801. The summed E-state index contributed by atoms with van der Waals surface area (Å²) in [5.74, 6) is 1.57. The van der Waals surface area contributed by atoms with E-state index in [-0.39, 0.29) is 6.10 Å². The highest BCUT2D eigenvalue weighted by Gasteiger charge is 2.29. The molecule has 1 aliphatic carbocycles. The normalized spacial score (nSPS) is 34.9. The molecule has 3 heteroatoms. The molecule has 1 saturated heterocycles. The topological polar surface area (TPSA) is 26.7 Å². The minimum atomic E-state index is -0.215. The highest BCUT2D eigenvalue weighted by molar-refractivity contribution is 5.09. The Labute approximate surface area is 124 Å². The second-order valence-corrected chi connectivity index (χ2v) is 7.06. The zero-order chi connectivity index (χ0) is 14.7. The molecule has 0 spiro atoms. The summed E-state index contributed by atoms with van der Waals surface area (Å²) in [7, 11) is 0. The number of nitrogens with zero attached hydrogens (tertiary/aromatic N) is 2. The monoisotopic (exact) mass is 280 g/mol. The summed E-state index contributed by atoms with van der Waals surface area (Å²) in [5.41, 5.74) is 1.60. The van der Waals surface area contributed by atoms with Crippen LogP contribution in [0.4, 0.5) is 0 Å². The molecule has 2 aliphatic rings. The van der Waals surface area contributed by atoms with Gasteiger partial charge in [0, 0.05) is 38.8 Å². The third-order valence-corrected chi connectivity index (χ3v) is 5.16. The van der Waals surface area contributed by atoms with Crippen LogP contribution in [0, 0.1) is 11.8 Å². The fourth-order valence-corrected chi connectivity index (χ4v) is 3.82. The van der Waals surface area contributed by atoms with Crippen molar-refractivity contribution in [3.05, 3.63) is 11.6 Å². The molecule has 1 N–H and O–H groups in total. The number of piperazine rings is 1. The van der Waals surface area contributed by atoms with Crippen LogP contribution in [0.3, 0.4) is 0 Å². The van der Waals surface area contributed by atoms with Crippen molar-refractivity contribution in [2.45, 2.75) is 52.7 Å². The van der Waals surface area contributed by atoms with E-state index in [4.69, 9.17) is 0 Å². The standard InChI is InChI=1S/C17H32N2O/c1-13-6-5-7-14(2)17(13)12-18-8-9-19(11-16(4)20)15(3)10-18/h6,14-17,20H,5,7-12H2,1-4H3/t14-,15-,16-,17+/m0/s1. The Morgan fingerprint density at radius 1 is 1.35 bits per heavy atom. The van der Waals surface area contributed by atoms with Crippen LogP contribution in [0.1, 0.15) is 40.5 Å². The molecule has 0 aromatic heterocycles. The number of hydrogen-bond donors (Lipinski definition) is 1. The summed E-state index contributed by atoms with van der Waals surface area (Å²) in [6.07, 6.45) is 4.84. The first-order valence-corrected chi connectivity index (χ1v) is 8.28. The van der Waals surface area contributed by atoms with Gasteiger partial charge < -0.3 is 5.11 Å². The van der Waals surface area contributed by atoms with Gasteiger partial charge in [-0.3, -0.25) is 9.80 Å². The summed E-state index contributed by atoms with van der Waals surface area (Å²) in [5, 5.41) is 9.56. The van der Waals surface area contributed by atoms with E-state index in [1.54, 1.807) is 5.57 Å². The van der Waals surface area contributed by atoms with E-state index in [1.165, 1.54) is 19.4 Å². The number of aliphatic hydroxyl groups excluding tert-OH is 1. The molecule has 1 fully saturated rings. The van der Waals surface area contributed by atoms with Gasteiger partial charge in [-0.25, -0.2) is 0 Å². The van der Waals surface area contributed by atoms with Gasteiger partial charge in [0.25, 0.3) is 0 Å². The van der Waals surface area contributed by atoms with E-state index >= 15 is 0 Å². The Morgan fingerprint density at radius 3 is 2.70 bits per heavy atom. The minimum absolute atomic E-state index is 0.215. The van der Waals surface area contributed by atoms with Crippen molar-refractivity contribution in [1.29, 1.82) is 0 Å². The number of allylic oxidation sites excluding steroid dienone is 1. The van der Waals surface area contributed by atoms with Crippen LogP contribution in [0.15, 0.2) is 11.6 Å². The van der Waals surface area contributed by atoms with Gasteiger partial charge in [-0.05, 0) is 45.4 Å². The Hall–Kier alpha value is -0.380. The van der Waals surface area contributed by atoms with Crippen LogP contribution in [-0.2, 0) is 0 Å². The molecule has 0 bridgehead atoms. The third kappa shape index (κ3) is 4.06. The molecule has 0 amide bonds. The Kier molecular flexibility index (Phi) is 5.65. The van der Waals surface area contributed by atoms with Crippen LogP contribution in [0.5, 0.6) is 0 Å². The van der Waals surface area contributed by atoms with Gasteiger partial charge >= 0.3 is 0 Å². The van der Waals surface area contributed by atoms with Crippen molar-refractivity contribution in [2.75, 3.05) is 32.7 Å². The molecule has 1 heterocycles. The van der Waals surface area contributed by atoms with E-state index in [9.17, 15) is 5.11 Å². The molecule has 2 rings (SSSR count). The van der Waals surface area contributed by atoms with E-state index in [2.05, 4.69) is 36.6 Å². The molecular formula is C17H32N2O. The molecule has 3 nitrogen and oxygen atoms in total. The first-order chi connectivity index (χ1) is 9.47. The molecular weight excluding hydrogens is 248 g/mol. The minimum Gasteiger partial charge on any atom is -0.392 e. The average Bonchev–Trinajstić information content (AvgIpc) is 2.37. The summed E-state index contributed by atoms with van der Waals surface area (Å²) < 4.78 is 0. The molecule has 20 heavy (non-hydrogen) atoms. The zero-order valence-corrected chi connectivity index (χ0v) is 13.7. The van der Waals surface area contributed by atoms with E-state index in [1.807, 2.05) is 6.92 Å². The van der Waals surface area contributed by atoms with Crippen molar-refractivity contribution in [1.82, 2.24) is 9.80 Å². The maximum Gasteiger partial charge on any atom is 0.0639 e. The van der Waals surface area contributed by atoms with Crippen LogP contribution in [-0.4, -0.2) is 59.8 Å². The zero-order valence-electron chi connectivity index (χ0n) is 13.7. The van der Waals surface area contributed by atoms with Crippen molar-refractivity contribution >= 4 is 0 Å². The van der Waals surface area contributed by atoms with Crippen LogP contribution in [0.2, 0.25) is 0 Å². The number of β-amino-alcohol motifs (C(OH)–C–C–N with tert-alkyl or cyclic N) is 1. The lowest BCUT2D eigenvalue weighted by Gasteiger charge is -2.43. The van der Waals surface area contributed by atoms with Gasteiger partial charge in [-0.2, -0.15) is 0 Å². The van der Waals surface area contributed by atoms with Crippen LogP contribution >= 0.6 is 0 Å². The predicted molar refractivity (Wildman–Crippen MR) is 84.8 cm³/mol. The van der Waals surface area contributed by atoms with Gasteiger partial charge in [0.2, 0.25) is 0 Å². The van der Waals surface area contributed by atoms with Crippen molar-refractivity contribution in [2.24, 2.45) is 11.8 Å². The summed E-state index contributed by atoms with van der Waals surface area (Å²) >= 11 is 0. The third-order valence-electron chi connectivity index (χ3n) is 5.16. The summed E-state index contributed by atoms with van der Waals surface area (Å²) in [6.45, 7) is 14.3. The number of hydrogen-bond acceptors (Lipinski definition) is 3. The Morgan fingerprint density at radius 2 is 2.10 bits per heavy atom. The van der Waals surface area contributed by atoms with Crippen molar-refractivity contribution in [3.8, 4) is 0 Å². The number of aliphatic hydroxyl groups is 1. The molecule has 0 aromatic rings. The van der Waals surface area contributed by atoms with Gasteiger partial charge in [0.05, 0.1) is 6.10 Å². The largest absolute Gasteiger partial charge is 0.392 e. The smallest absolute Gasteiger partial charge is 0.0639 e. The van der Waals surface area contributed by atoms with Crippen molar-refractivity contribution < 1.29 is 5.11 Å². The van der Waals surface area contributed by atoms with E-state index in [0.717, 1.165) is 38.0 Å². The lowest BCUT2D eigenvalue weighted by atomic mass is 9.79. The molecule has 0 aromatic carbocycles. The van der Waals surface area contributed by atoms with Gasteiger partial charge in [-0.1, -0.05) is 18.6 Å². The Balaban J connectivity index is 1.86. The molecule has 0 radical (unpaired) electrons. The first-order valence-electron chi connectivity index (χ1n) is 8.28. The van der Waals surface area contributed by atoms with E-state index < -0.39 is 0 Å². The highest BCUT2D eigenvalue weighted by atomic mass is 16.3. The molecule has 0 unspecified atom stereocenters. The van der Waals surface area contributed by atoms with Gasteiger partial charge in [0.1, 0.15) is 0 Å². The Bertz CT molecular complexity index is 340. The first kappa shape index (κ1) is 16.0. The second-order valence-electron chi connectivity index (χ2n) is 7.06. The van der Waals surface area contributed by atoms with Crippen LogP contribution in [0.25, 0.3) is 0 Å². The lowest BCUT2D eigenvalue weighted by Crippen LogP contribution is -2.54. The molecule has 116 valence electrons. The number of rotatable bonds is 4.